The number of carbonyl (C=O) groups is 3. The number of hydrogen-bond acceptors (Lipinski definition) is 5. The maximum absolute atomic E-state index is 13.1. The van der Waals surface area contributed by atoms with Crippen LogP contribution in [0.4, 0.5) is 9.59 Å². The van der Waals surface area contributed by atoms with Crippen LogP contribution in [0.1, 0.15) is 37.2 Å². The van der Waals surface area contributed by atoms with Crippen molar-refractivity contribution in [3.05, 3.63) is 48.3 Å². The number of benzene rings is 1. The number of Topliss-reactive ketones (excluding diaryl/α,β-unsaturated/α-hetero) is 1. The quantitative estimate of drug-likeness (QED) is 0.735. The zero-order valence-electron chi connectivity index (χ0n) is 18.3. The zero-order chi connectivity index (χ0) is 22.8. The van der Waals surface area contributed by atoms with Crippen molar-refractivity contribution in [3.63, 3.8) is 0 Å². The Balaban J connectivity index is 1.30. The lowest BCUT2D eigenvalue weighted by atomic mass is 9.92. The van der Waals surface area contributed by atoms with Crippen LogP contribution in [0.25, 0.3) is 10.9 Å². The van der Waals surface area contributed by atoms with Crippen molar-refractivity contribution >= 4 is 34.6 Å². The maximum Gasteiger partial charge on any atom is 0.326 e. The van der Waals surface area contributed by atoms with E-state index in [4.69, 9.17) is 4.74 Å². The number of nitrogens with one attached hydrogen (secondary N) is 2. The van der Waals surface area contributed by atoms with Gasteiger partial charge in [-0.1, -0.05) is 25.0 Å². The molecule has 1 saturated heterocycles. The number of carbonyl (C=O) groups excluding carboxylic acids is 3. The number of aromatic nitrogens is 1. The van der Waals surface area contributed by atoms with E-state index < -0.39 is 5.92 Å². The fourth-order valence-electron chi connectivity index (χ4n) is 4.65. The summed E-state index contributed by atoms with van der Waals surface area (Å²) in [5, 5.41) is 6.62. The van der Waals surface area contributed by atoms with Crippen molar-refractivity contribution in [2.75, 3.05) is 26.3 Å². The van der Waals surface area contributed by atoms with Gasteiger partial charge in [0.25, 0.3) is 0 Å². The van der Waals surface area contributed by atoms with Crippen molar-refractivity contribution in [3.8, 4) is 0 Å². The molecule has 2 N–H and O–H groups in total. The first-order valence-electron chi connectivity index (χ1n) is 11.4. The lowest BCUT2D eigenvalue weighted by Crippen LogP contribution is -2.50. The molecule has 3 heterocycles. The Bertz CT molecular complexity index is 1140. The van der Waals surface area contributed by atoms with Crippen molar-refractivity contribution in [1.82, 2.24) is 20.1 Å². The highest BCUT2D eigenvalue weighted by atomic mass is 16.5. The highest BCUT2D eigenvalue weighted by Crippen LogP contribution is 2.27. The molecule has 1 aromatic carbocycles. The predicted molar refractivity (Wildman–Crippen MR) is 123 cm³/mol. The second-order valence-electron chi connectivity index (χ2n) is 8.63. The first-order valence-corrected chi connectivity index (χ1v) is 11.4. The average Bonchev–Trinajstić information content (AvgIpc) is 3.50. The predicted octanol–water partition coefficient (Wildman–Crippen LogP) is 2.76. The van der Waals surface area contributed by atoms with Crippen LogP contribution in [-0.4, -0.2) is 65.5 Å². The molecule has 3 aliphatic rings. The number of nitrogens with zero attached hydrogens (tertiary/aromatic N) is 3. The minimum atomic E-state index is -0.553. The first-order chi connectivity index (χ1) is 16.1. The van der Waals surface area contributed by atoms with Gasteiger partial charge in [-0.05, 0) is 36.6 Å². The summed E-state index contributed by atoms with van der Waals surface area (Å²) in [5.74, 6) is -0.785. The molecule has 0 bridgehead atoms. The van der Waals surface area contributed by atoms with Gasteiger partial charge in [0.2, 0.25) is 5.78 Å². The molecular weight excluding hydrogens is 422 g/mol. The Morgan fingerprint density at radius 2 is 1.85 bits per heavy atom. The number of ether oxygens (including phenoxy) is 1. The molecule has 1 aliphatic carbocycles. The number of aliphatic imine (C=N–C) groups is 1. The highest BCUT2D eigenvalue weighted by Gasteiger charge is 2.29. The van der Waals surface area contributed by atoms with E-state index in [0.717, 1.165) is 42.1 Å². The third-order valence-corrected chi connectivity index (χ3v) is 6.50. The van der Waals surface area contributed by atoms with Crippen LogP contribution in [0, 0.1) is 0 Å². The van der Waals surface area contributed by atoms with E-state index in [2.05, 4.69) is 15.6 Å². The summed E-state index contributed by atoms with van der Waals surface area (Å²) in [6.07, 6.45) is 9.38. The molecular formula is C24H27N5O4. The van der Waals surface area contributed by atoms with Gasteiger partial charge in [-0.25, -0.2) is 14.6 Å². The molecule has 0 spiro atoms. The lowest BCUT2D eigenvalue weighted by molar-refractivity contribution is -0.113. The van der Waals surface area contributed by atoms with Gasteiger partial charge in [0.1, 0.15) is 0 Å². The molecule has 33 heavy (non-hydrogen) atoms. The molecule has 5 rings (SSSR count). The number of urea groups is 1. The Labute approximate surface area is 191 Å². The molecule has 9 nitrogen and oxygen atoms in total. The number of ketones is 1. The van der Waals surface area contributed by atoms with Crippen LogP contribution >= 0.6 is 0 Å². The number of amides is 3. The van der Waals surface area contributed by atoms with Crippen molar-refractivity contribution in [2.24, 2.45) is 4.99 Å². The molecule has 172 valence electrons. The first kappa shape index (κ1) is 21.4. The Morgan fingerprint density at radius 3 is 2.64 bits per heavy atom. The largest absolute Gasteiger partial charge is 0.378 e. The van der Waals surface area contributed by atoms with E-state index >= 15 is 0 Å². The Kier molecular flexibility index (Phi) is 5.95. The van der Waals surface area contributed by atoms with Crippen molar-refractivity contribution in [2.45, 2.75) is 37.6 Å². The number of rotatable bonds is 2. The highest BCUT2D eigenvalue weighted by molar-refractivity contribution is 6.44. The molecule has 1 unspecified atom stereocenters. The average molecular weight is 450 g/mol. The van der Waals surface area contributed by atoms with Gasteiger partial charge in [-0.2, -0.15) is 0 Å². The van der Waals surface area contributed by atoms with Gasteiger partial charge in [-0.3, -0.25) is 14.7 Å². The van der Waals surface area contributed by atoms with Gasteiger partial charge < -0.3 is 15.0 Å². The molecule has 3 amide bonds. The number of morpholine rings is 1. The van der Waals surface area contributed by atoms with Gasteiger partial charge >= 0.3 is 12.1 Å². The number of amidine groups is 1. The standard InChI is InChI=1S/C24H27N5O4/c30-21-19(7-9-25-22(21)27-23(31)28-11-13-33-14-12-28)16-5-6-20-17(15-16)8-10-29(20)24(32)26-18-3-1-2-4-18/h5-10,15,18-19H,1-4,11-14H2,(H,26,32)(H,25,27,31). The van der Waals surface area contributed by atoms with Crippen LogP contribution in [0.5, 0.6) is 0 Å². The van der Waals surface area contributed by atoms with Crippen molar-refractivity contribution < 1.29 is 19.1 Å². The monoisotopic (exact) mass is 449 g/mol. The maximum atomic E-state index is 13.1. The van der Waals surface area contributed by atoms with E-state index in [1.54, 1.807) is 27.9 Å². The topological polar surface area (TPSA) is 105 Å². The number of allylic oxidation sites excluding steroid dienone is 1. The second-order valence-corrected chi connectivity index (χ2v) is 8.63. The Morgan fingerprint density at radius 1 is 1.06 bits per heavy atom. The van der Waals surface area contributed by atoms with Gasteiger partial charge in [0.05, 0.1) is 24.6 Å². The van der Waals surface area contributed by atoms with Crippen LogP contribution in [0.2, 0.25) is 0 Å². The lowest BCUT2D eigenvalue weighted by Gasteiger charge is -2.27. The summed E-state index contributed by atoms with van der Waals surface area (Å²) >= 11 is 0. The SMILES string of the molecule is O=C1C(NC(=O)N2CCOCC2)=NC=CC1c1ccc2c(ccn2C(=O)NC2CCCC2)c1. The third-order valence-electron chi connectivity index (χ3n) is 6.50. The molecule has 2 aromatic rings. The van der Waals surface area contributed by atoms with Gasteiger partial charge in [0.15, 0.2) is 5.84 Å². The van der Waals surface area contributed by atoms with Crippen LogP contribution in [0.15, 0.2) is 47.7 Å². The summed E-state index contributed by atoms with van der Waals surface area (Å²) < 4.78 is 6.88. The van der Waals surface area contributed by atoms with E-state index in [1.165, 1.54) is 0 Å². The fraction of sp³-hybridized carbons (Fsp3) is 0.417. The zero-order valence-corrected chi connectivity index (χ0v) is 18.3. The fourth-order valence-corrected chi connectivity index (χ4v) is 4.65. The Hall–Kier alpha value is -3.46. The van der Waals surface area contributed by atoms with E-state index in [0.29, 0.717) is 26.3 Å². The molecule has 1 saturated carbocycles. The molecule has 1 atom stereocenters. The molecule has 1 aromatic heterocycles. The van der Waals surface area contributed by atoms with Crippen LogP contribution in [0.3, 0.4) is 0 Å². The summed E-state index contributed by atoms with van der Waals surface area (Å²) in [4.78, 5) is 44.0. The second kappa shape index (κ2) is 9.19. The van der Waals surface area contributed by atoms with Crippen molar-refractivity contribution in [1.29, 1.82) is 0 Å². The molecule has 2 fully saturated rings. The van der Waals surface area contributed by atoms with E-state index in [1.807, 2.05) is 24.3 Å². The third kappa shape index (κ3) is 4.41. The normalized spacial score (nSPS) is 21.3. The van der Waals surface area contributed by atoms with E-state index in [9.17, 15) is 14.4 Å². The number of hydrogen-bond donors (Lipinski definition) is 2. The van der Waals surface area contributed by atoms with Crippen LogP contribution < -0.4 is 10.6 Å². The van der Waals surface area contributed by atoms with Gasteiger partial charge in [-0.15, -0.1) is 0 Å². The smallest absolute Gasteiger partial charge is 0.326 e. The molecule has 0 radical (unpaired) electrons. The van der Waals surface area contributed by atoms with E-state index in [-0.39, 0.29) is 29.7 Å². The van der Waals surface area contributed by atoms with Gasteiger partial charge in [0, 0.05) is 36.9 Å². The van der Waals surface area contributed by atoms with Crippen LogP contribution in [-0.2, 0) is 9.53 Å². The summed E-state index contributed by atoms with van der Waals surface area (Å²) in [6.45, 7) is 1.92. The number of fused-ring (bicyclic) bond motifs is 1. The summed E-state index contributed by atoms with van der Waals surface area (Å²) in [7, 11) is 0. The molecule has 9 heteroatoms. The summed E-state index contributed by atoms with van der Waals surface area (Å²) in [6, 6.07) is 7.26. The molecule has 2 aliphatic heterocycles. The summed E-state index contributed by atoms with van der Waals surface area (Å²) in [5.41, 5.74) is 1.57. The minimum absolute atomic E-state index is 0.0348. The minimum Gasteiger partial charge on any atom is -0.378 e.